The van der Waals surface area contributed by atoms with Crippen LogP contribution in [0, 0.1) is 0 Å². The standard InChI is InChI=1S/C23H28N2O2S/c1-17(28-21-12-10-20(11-13-21)25-18(2)26)22(27)24-16-23(14-6-7-15-23)19-8-4-3-5-9-19/h3-5,8-13,17H,6-7,14-16H2,1-2H3,(H,24,27)(H,25,26). The predicted molar refractivity (Wildman–Crippen MR) is 116 cm³/mol. The van der Waals surface area contributed by atoms with Crippen LogP contribution in [0.4, 0.5) is 5.69 Å². The number of hydrogen-bond donors (Lipinski definition) is 2. The van der Waals surface area contributed by atoms with Crippen LogP contribution in [0.25, 0.3) is 0 Å². The molecule has 0 bridgehead atoms. The first-order chi connectivity index (χ1) is 13.5. The number of rotatable bonds is 7. The Bertz CT molecular complexity index is 799. The normalized spacial score (nSPS) is 16.4. The van der Waals surface area contributed by atoms with E-state index in [1.54, 1.807) is 0 Å². The molecule has 28 heavy (non-hydrogen) atoms. The second-order valence-electron chi connectivity index (χ2n) is 7.54. The molecule has 5 heteroatoms. The number of hydrogen-bond acceptors (Lipinski definition) is 3. The Morgan fingerprint density at radius 2 is 1.68 bits per heavy atom. The smallest absolute Gasteiger partial charge is 0.233 e. The van der Waals surface area contributed by atoms with Gasteiger partial charge in [0, 0.05) is 29.5 Å². The number of nitrogens with one attached hydrogen (secondary N) is 2. The van der Waals surface area contributed by atoms with Crippen molar-refractivity contribution in [3.8, 4) is 0 Å². The van der Waals surface area contributed by atoms with Gasteiger partial charge in [0.25, 0.3) is 0 Å². The molecule has 148 valence electrons. The van der Waals surface area contributed by atoms with E-state index in [-0.39, 0.29) is 22.5 Å². The van der Waals surface area contributed by atoms with Crippen molar-refractivity contribution in [1.82, 2.24) is 5.32 Å². The summed E-state index contributed by atoms with van der Waals surface area (Å²) in [6.45, 7) is 4.12. The molecule has 1 fully saturated rings. The number of amides is 2. The highest BCUT2D eigenvalue weighted by Crippen LogP contribution is 2.40. The number of thioether (sulfide) groups is 1. The number of anilines is 1. The van der Waals surface area contributed by atoms with Gasteiger partial charge in [-0.3, -0.25) is 9.59 Å². The summed E-state index contributed by atoms with van der Waals surface area (Å²) < 4.78 is 0. The van der Waals surface area contributed by atoms with E-state index < -0.39 is 0 Å². The van der Waals surface area contributed by atoms with Crippen LogP contribution in [0.3, 0.4) is 0 Å². The van der Waals surface area contributed by atoms with Gasteiger partial charge < -0.3 is 10.6 Å². The monoisotopic (exact) mass is 396 g/mol. The Hall–Kier alpha value is -2.27. The minimum absolute atomic E-state index is 0.0677. The molecule has 0 spiro atoms. The lowest BCUT2D eigenvalue weighted by Gasteiger charge is -2.30. The fraction of sp³-hybridized carbons (Fsp3) is 0.391. The minimum Gasteiger partial charge on any atom is -0.354 e. The van der Waals surface area contributed by atoms with Crippen LogP contribution in [-0.2, 0) is 15.0 Å². The Kier molecular flexibility index (Phi) is 6.79. The zero-order chi connectivity index (χ0) is 20.0. The van der Waals surface area contributed by atoms with Crippen molar-refractivity contribution >= 4 is 29.3 Å². The van der Waals surface area contributed by atoms with E-state index in [2.05, 4.69) is 34.9 Å². The molecule has 0 saturated heterocycles. The Morgan fingerprint density at radius 3 is 2.29 bits per heavy atom. The molecule has 2 aromatic rings. The van der Waals surface area contributed by atoms with Gasteiger partial charge in [-0.25, -0.2) is 0 Å². The van der Waals surface area contributed by atoms with E-state index >= 15 is 0 Å². The fourth-order valence-corrected chi connectivity index (χ4v) is 4.78. The van der Waals surface area contributed by atoms with Crippen molar-refractivity contribution in [3.05, 3.63) is 60.2 Å². The molecule has 0 heterocycles. The maximum atomic E-state index is 12.7. The van der Waals surface area contributed by atoms with Gasteiger partial charge in [-0.2, -0.15) is 0 Å². The number of carbonyl (C=O) groups is 2. The molecule has 1 unspecified atom stereocenters. The molecule has 4 nitrogen and oxygen atoms in total. The van der Waals surface area contributed by atoms with E-state index in [1.165, 1.54) is 37.1 Å². The van der Waals surface area contributed by atoms with Crippen LogP contribution in [-0.4, -0.2) is 23.6 Å². The lowest BCUT2D eigenvalue weighted by Crippen LogP contribution is -2.41. The van der Waals surface area contributed by atoms with Gasteiger partial charge in [-0.1, -0.05) is 43.2 Å². The second kappa shape index (κ2) is 9.28. The maximum Gasteiger partial charge on any atom is 0.233 e. The summed E-state index contributed by atoms with van der Waals surface area (Å²) in [4.78, 5) is 24.8. The largest absolute Gasteiger partial charge is 0.354 e. The summed E-state index contributed by atoms with van der Waals surface area (Å²) in [5.74, 6) is -0.0226. The maximum absolute atomic E-state index is 12.7. The van der Waals surface area contributed by atoms with Crippen LogP contribution in [0.2, 0.25) is 0 Å². The molecule has 0 radical (unpaired) electrons. The van der Waals surface area contributed by atoms with Crippen molar-refractivity contribution in [2.24, 2.45) is 0 Å². The fourth-order valence-electron chi connectivity index (χ4n) is 3.89. The zero-order valence-electron chi connectivity index (χ0n) is 16.5. The summed E-state index contributed by atoms with van der Waals surface area (Å²) in [5.41, 5.74) is 2.17. The first-order valence-electron chi connectivity index (χ1n) is 9.86. The molecule has 3 rings (SSSR count). The Morgan fingerprint density at radius 1 is 1.04 bits per heavy atom. The van der Waals surface area contributed by atoms with Crippen molar-refractivity contribution < 1.29 is 9.59 Å². The average Bonchev–Trinajstić information content (AvgIpc) is 3.18. The average molecular weight is 397 g/mol. The highest BCUT2D eigenvalue weighted by Gasteiger charge is 2.36. The molecule has 1 aliphatic carbocycles. The molecule has 0 aromatic heterocycles. The van der Waals surface area contributed by atoms with Crippen molar-refractivity contribution in [2.75, 3.05) is 11.9 Å². The van der Waals surface area contributed by atoms with Crippen LogP contribution < -0.4 is 10.6 Å². The van der Waals surface area contributed by atoms with E-state index in [1.807, 2.05) is 37.3 Å². The van der Waals surface area contributed by atoms with Crippen LogP contribution in [0.1, 0.15) is 45.1 Å². The highest BCUT2D eigenvalue weighted by molar-refractivity contribution is 8.00. The van der Waals surface area contributed by atoms with Gasteiger partial charge in [0.1, 0.15) is 0 Å². The molecule has 1 atom stereocenters. The summed E-state index contributed by atoms with van der Waals surface area (Å²) >= 11 is 1.53. The van der Waals surface area contributed by atoms with Gasteiger partial charge in [-0.15, -0.1) is 11.8 Å². The second-order valence-corrected chi connectivity index (χ2v) is 8.95. The van der Waals surface area contributed by atoms with Crippen LogP contribution in [0.5, 0.6) is 0 Å². The van der Waals surface area contributed by atoms with Gasteiger partial charge in [-0.05, 0) is 49.6 Å². The third-order valence-electron chi connectivity index (χ3n) is 5.40. The summed E-state index contributed by atoms with van der Waals surface area (Å²) in [6.07, 6.45) is 4.69. The number of benzene rings is 2. The Labute approximate surface area is 171 Å². The first kappa shape index (κ1) is 20.5. The SMILES string of the molecule is CC(=O)Nc1ccc(SC(C)C(=O)NCC2(c3ccccc3)CCCC2)cc1. The molecule has 2 N–H and O–H groups in total. The molecular weight excluding hydrogens is 368 g/mol. The topological polar surface area (TPSA) is 58.2 Å². The summed E-state index contributed by atoms with van der Waals surface area (Å²) in [5, 5.41) is 5.78. The van der Waals surface area contributed by atoms with Gasteiger partial charge >= 0.3 is 0 Å². The van der Waals surface area contributed by atoms with Crippen molar-refractivity contribution in [2.45, 2.75) is 55.1 Å². The number of carbonyl (C=O) groups excluding carboxylic acids is 2. The van der Waals surface area contributed by atoms with Crippen molar-refractivity contribution in [1.29, 1.82) is 0 Å². The van der Waals surface area contributed by atoms with E-state index in [0.717, 1.165) is 23.4 Å². The molecule has 2 aromatic carbocycles. The first-order valence-corrected chi connectivity index (χ1v) is 10.7. The molecular formula is C23H28N2O2S. The predicted octanol–water partition coefficient (Wildman–Crippen LogP) is 4.75. The van der Waals surface area contributed by atoms with E-state index in [0.29, 0.717) is 6.54 Å². The van der Waals surface area contributed by atoms with E-state index in [9.17, 15) is 9.59 Å². The molecule has 1 aliphatic rings. The van der Waals surface area contributed by atoms with Crippen LogP contribution >= 0.6 is 11.8 Å². The lowest BCUT2D eigenvalue weighted by molar-refractivity contribution is -0.120. The molecule has 0 aliphatic heterocycles. The van der Waals surface area contributed by atoms with Gasteiger partial charge in [0.2, 0.25) is 11.8 Å². The molecule has 2 amide bonds. The summed E-state index contributed by atoms with van der Waals surface area (Å²) in [7, 11) is 0. The van der Waals surface area contributed by atoms with Crippen molar-refractivity contribution in [3.63, 3.8) is 0 Å². The molecule has 1 saturated carbocycles. The summed E-state index contributed by atoms with van der Waals surface area (Å²) in [6, 6.07) is 18.2. The lowest BCUT2D eigenvalue weighted by atomic mass is 9.79. The Balaban J connectivity index is 1.57. The third-order valence-corrected chi connectivity index (χ3v) is 6.52. The highest BCUT2D eigenvalue weighted by atomic mass is 32.2. The van der Waals surface area contributed by atoms with Gasteiger partial charge in [0.15, 0.2) is 0 Å². The van der Waals surface area contributed by atoms with Gasteiger partial charge in [0.05, 0.1) is 5.25 Å². The minimum atomic E-state index is -0.180. The quantitative estimate of drug-likeness (QED) is 0.664. The van der Waals surface area contributed by atoms with Crippen LogP contribution in [0.15, 0.2) is 59.5 Å². The van der Waals surface area contributed by atoms with E-state index in [4.69, 9.17) is 0 Å². The third kappa shape index (κ3) is 5.16. The zero-order valence-corrected chi connectivity index (χ0v) is 17.4.